The van der Waals surface area contributed by atoms with E-state index < -0.39 is 0 Å². The van der Waals surface area contributed by atoms with Gasteiger partial charge in [0.05, 0.1) is 13.7 Å². The van der Waals surface area contributed by atoms with Gasteiger partial charge < -0.3 is 23.9 Å². The molecule has 34 heavy (non-hydrogen) atoms. The Morgan fingerprint density at radius 3 is 2.82 bits per heavy atom. The lowest BCUT2D eigenvalue weighted by atomic mass is 9.99. The third-order valence-electron chi connectivity index (χ3n) is 6.14. The second-order valence-electron chi connectivity index (χ2n) is 8.56. The predicted octanol–water partition coefficient (Wildman–Crippen LogP) is 5.11. The van der Waals surface area contributed by atoms with Crippen LogP contribution in [0.4, 0.5) is 5.82 Å². The zero-order chi connectivity index (χ0) is 23.9. The van der Waals surface area contributed by atoms with Gasteiger partial charge in [0.15, 0.2) is 0 Å². The number of rotatable bonds is 11. The van der Waals surface area contributed by atoms with E-state index >= 15 is 0 Å². The van der Waals surface area contributed by atoms with Gasteiger partial charge in [0.25, 0.3) is 0 Å². The first-order valence-corrected chi connectivity index (χ1v) is 11.6. The number of ether oxygens (including phenoxy) is 3. The molecule has 1 aliphatic rings. The highest BCUT2D eigenvalue weighted by Gasteiger charge is 2.22. The maximum Gasteiger partial charge on any atom is 0.323 e. The number of aryl methyl sites for hydroxylation is 2. The van der Waals surface area contributed by atoms with E-state index in [0.29, 0.717) is 36.5 Å². The van der Waals surface area contributed by atoms with Crippen LogP contribution < -0.4 is 19.1 Å². The van der Waals surface area contributed by atoms with Gasteiger partial charge in [0.1, 0.15) is 29.4 Å². The molecule has 4 rings (SSSR count). The molecule has 1 aliphatic carbocycles. The van der Waals surface area contributed by atoms with Crippen molar-refractivity contribution in [3.05, 3.63) is 65.4 Å². The Kier molecular flexibility index (Phi) is 7.62. The van der Waals surface area contributed by atoms with Crippen molar-refractivity contribution < 1.29 is 19.0 Å². The van der Waals surface area contributed by atoms with Gasteiger partial charge in [-0.3, -0.25) is 0 Å². The molecule has 0 bridgehead atoms. The van der Waals surface area contributed by atoms with E-state index in [-0.39, 0.29) is 0 Å². The standard InChI is InChI=1S/C27H31N3O4/c1-19-18-28-27(34-24-7-4-6-22(17-24)32-3)29-26(19)30(2)13-5-15-33-23-10-11-25-20(12-14-31)8-9-21(25)16-23/h4,6-7,10-11,14,16-18,20H,5,8-9,12-13,15H2,1-3H3/t20-/m0/s1. The summed E-state index contributed by atoms with van der Waals surface area (Å²) >= 11 is 0. The Morgan fingerprint density at radius 2 is 2.00 bits per heavy atom. The van der Waals surface area contributed by atoms with Gasteiger partial charge in [-0.15, -0.1) is 0 Å². The number of carbonyl (C=O) groups excluding carboxylic acids is 1. The topological polar surface area (TPSA) is 73.8 Å². The molecule has 3 aromatic rings. The number of fused-ring (bicyclic) bond motifs is 1. The Morgan fingerprint density at radius 1 is 1.15 bits per heavy atom. The van der Waals surface area contributed by atoms with Crippen LogP contribution in [-0.2, 0) is 11.2 Å². The molecule has 0 spiro atoms. The van der Waals surface area contributed by atoms with Gasteiger partial charge in [-0.1, -0.05) is 12.1 Å². The van der Waals surface area contributed by atoms with E-state index in [2.05, 4.69) is 27.0 Å². The van der Waals surface area contributed by atoms with Gasteiger partial charge in [-0.05, 0) is 67.5 Å². The van der Waals surface area contributed by atoms with Crippen molar-refractivity contribution in [1.82, 2.24) is 9.97 Å². The van der Waals surface area contributed by atoms with E-state index in [4.69, 9.17) is 14.2 Å². The quantitative estimate of drug-likeness (QED) is 0.290. The monoisotopic (exact) mass is 461 g/mol. The van der Waals surface area contributed by atoms with Crippen LogP contribution in [0, 0.1) is 6.92 Å². The van der Waals surface area contributed by atoms with Crippen molar-refractivity contribution in [1.29, 1.82) is 0 Å². The van der Waals surface area contributed by atoms with Crippen molar-refractivity contribution >= 4 is 12.1 Å². The van der Waals surface area contributed by atoms with Crippen LogP contribution in [0.25, 0.3) is 0 Å². The first-order valence-electron chi connectivity index (χ1n) is 11.6. The van der Waals surface area contributed by atoms with Gasteiger partial charge in [0.2, 0.25) is 0 Å². The average Bonchev–Trinajstić information content (AvgIpc) is 3.25. The first kappa shape index (κ1) is 23.5. The molecule has 1 heterocycles. The van der Waals surface area contributed by atoms with E-state index in [1.165, 1.54) is 11.1 Å². The molecule has 0 fully saturated rings. The lowest BCUT2D eigenvalue weighted by Gasteiger charge is -2.20. The second kappa shape index (κ2) is 11.0. The highest BCUT2D eigenvalue weighted by molar-refractivity contribution is 5.54. The number of carbonyl (C=O) groups is 1. The molecule has 178 valence electrons. The number of nitrogens with zero attached hydrogens (tertiary/aromatic N) is 3. The van der Waals surface area contributed by atoms with Crippen LogP contribution in [0.5, 0.6) is 23.3 Å². The highest BCUT2D eigenvalue weighted by Crippen LogP contribution is 2.36. The number of hydrogen-bond donors (Lipinski definition) is 0. The van der Waals surface area contributed by atoms with Crippen molar-refractivity contribution in [2.24, 2.45) is 0 Å². The fourth-order valence-corrected chi connectivity index (χ4v) is 4.35. The van der Waals surface area contributed by atoms with Gasteiger partial charge in [0, 0.05) is 37.8 Å². The van der Waals surface area contributed by atoms with Crippen molar-refractivity contribution in [2.45, 2.75) is 38.5 Å². The summed E-state index contributed by atoms with van der Waals surface area (Å²) in [7, 11) is 3.63. The number of anilines is 1. The molecule has 0 saturated carbocycles. The van der Waals surface area contributed by atoms with Gasteiger partial charge in [-0.25, -0.2) is 4.98 Å². The summed E-state index contributed by atoms with van der Waals surface area (Å²) in [5, 5.41) is 0. The third kappa shape index (κ3) is 5.65. The van der Waals surface area contributed by atoms with Crippen LogP contribution in [0.3, 0.4) is 0 Å². The molecule has 7 heteroatoms. The largest absolute Gasteiger partial charge is 0.497 e. The van der Waals surface area contributed by atoms with Gasteiger partial charge >= 0.3 is 6.01 Å². The minimum atomic E-state index is 0.294. The third-order valence-corrected chi connectivity index (χ3v) is 6.14. The van der Waals surface area contributed by atoms with Gasteiger partial charge in [-0.2, -0.15) is 4.98 Å². The summed E-state index contributed by atoms with van der Waals surface area (Å²) in [6.45, 7) is 3.38. The molecule has 7 nitrogen and oxygen atoms in total. The fourth-order valence-electron chi connectivity index (χ4n) is 4.35. The second-order valence-corrected chi connectivity index (χ2v) is 8.56. The van der Waals surface area contributed by atoms with E-state index in [1.54, 1.807) is 19.4 Å². The number of benzene rings is 2. The normalized spacial score (nSPS) is 14.4. The molecule has 0 amide bonds. The zero-order valence-corrected chi connectivity index (χ0v) is 20.0. The molecule has 0 aliphatic heterocycles. The molecule has 0 saturated heterocycles. The van der Waals surface area contributed by atoms with Crippen molar-refractivity contribution in [2.75, 3.05) is 32.2 Å². The van der Waals surface area contributed by atoms with Crippen LogP contribution >= 0.6 is 0 Å². The van der Waals surface area contributed by atoms with E-state index in [1.807, 2.05) is 38.2 Å². The fraction of sp³-hybridized carbons (Fsp3) is 0.370. The molecule has 1 aromatic heterocycles. The number of methoxy groups -OCH3 is 1. The Bertz CT molecular complexity index is 1130. The SMILES string of the molecule is COc1cccc(Oc2ncc(C)c(N(C)CCCOc3ccc4c(c3)CC[C@H]4CC=O)n2)c1. The summed E-state index contributed by atoms with van der Waals surface area (Å²) in [6.07, 6.45) is 6.30. The van der Waals surface area contributed by atoms with Crippen LogP contribution in [0.1, 0.15) is 41.9 Å². The van der Waals surface area contributed by atoms with Crippen LogP contribution in [0.2, 0.25) is 0 Å². The Balaban J connectivity index is 1.30. The zero-order valence-electron chi connectivity index (χ0n) is 20.0. The molecular weight excluding hydrogens is 430 g/mol. The lowest BCUT2D eigenvalue weighted by molar-refractivity contribution is -0.108. The first-order chi connectivity index (χ1) is 16.6. The maximum absolute atomic E-state index is 10.9. The van der Waals surface area contributed by atoms with Crippen LogP contribution in [0.15, 0.2) is 48.7 Å². The van der Waals surface area contributed by atoms with Crippen molar-refractivity contribution in [3.8, 4) is 23.3 Å². The summed E-state index contributed by atoms with van der Waals surface area (Å²) < 4.78 is 17.1. The molecule has 0 radical (unpaired) electrons. The predicted molar refractivity (Wildman–Crippen MR) is 131 cm³/mol. The highest BCUT2D eigenvalue weighted by atomic mass is 16.5. The number of aromatic nitrogens is 2. The van der Waals surface area contributed by atoms with Crippen molar-refractivity contribution in [3.63, 3.8) is 0 Å². The molecule has 0 N–H and O–H groups in total. The summed E-state index contributed by atoms with van der Waals surface area (Å²) in [6, 6.07) is 13.9. The molecule has 2 aromatic carbocycles. The smallest absolute Gasteiger partial charge is 0.323 e. The lowest BCUT2D eigenvalue weighted by Crippen LogP contribution is -2.22. The average molecular weight is 462 g/mol. The number of hydrogen-bond acceptors (Lipinski definition) is 7. The maximum atomic E-state index is 10.9. The molecule has 0 unspecified atom stereocenters. The Labute approximate surface area is 200 Å². The van der Waals surface area contributed by atoms with E-state index in [0.717, 1.165) is 49.2 Å². The molecule has 1 atom stereocenters. The summed E-state index contributed by atoms with van der Waals surface area (Å²) in [5.74, 6) is 3.42. The molecular formula is C27H31N3O4. The Hall–Kier alpha value is -3.61. The minimum Gasteiger partial charge on any atom is -0.497 e. The summed E-state index contributed by atoms with van der Waals surface area (Å²) in [5.41, 5.74) is 3.58. The van der Waals surface area contributed by atoms with E-state index in [9.17, 15) is 4.79 Å². The van der Waals surface area contributed by atoms with Crippen LogP contribution in [-0.4, -0.2) is 43.6 Å². The number of aldehydes is 1. The minimum absolute atomic E-state index is 0.294. The summed E-state index contributed by atoms with van der Waals surface area (Å²) in [4.78, 5) is 21.9.